The van der Waals surface area contributed by atoms with Crippen LogP contribution in [-0.4, -0.2) is 23.4 Å². The quantitative estimate of drug-likeness (QED) is 0.849. The number of likely N-dealkylation sites (tertiary alicyclic amines) is 1. The molecule has 1 heterocycles. The van der Waals surface area contributed by atoms with Gasteiger partial charge in [0.2, 0.25) is 5.91 Å². The zero-order chi connectivity index (χ0) is 13.7. The fraction of sp³-hybridized carbons (Fsp3) is 0.562. The summed E-state index contributed by atoms with van der Waals surface area (Å²) in [4.78, 5) is 14.4. The van der Waals surface area contributed by atoms with Gasteiger partial charge in [0, 0.05) is 24.7 Å². The molecule has 1 aliphatic rings. The van der Waals surface area contributed by atoms with Gasteiger partial charge in [-0.05, 0) is 43.9 Å². The highest BCUT2D eigenvalue weighted by molar-refractivity contribution is 5.76. The molecule has 3 heteroatoms. The second kappa shape index (κ2) is 6.60. The Kier molecular flexibility index (Phi) is 4.83. The number of nitrogens with two attached hydrogens (primary N) is 1. The van der Waals surface area contributed by atoms with Crippen molar-refractivity contribution < 1.29 is 4.79 Å². The normalized spacial score (nSPS) is 20.1. The molecule has 0 saturated carbocycles. The minimum atomic E-state index is 0.297. The molecule has 1 atom stereocenters. The van der Waals surface area contributed by atoms with Gasteiger partial charge in [-0.3, -0.25) is 4.79 Å². The zero-order valence-corrected chi connectivity index (χ0v) is 11.8. The maximum absolute atomic E-state index is 12.3. The molecule has 0 bridgehead atoms. The van der Waals surface area contributed by atoms with Crippen molar-refractivity contribution in [3.63, 3.8) is 0 Å². The van der Waals surface area contributed by atoms with Gasteiger partial charge in [-0.15, -0.1) is 0 Å². The van der Waals surface area contributed by atoms with Gasteiger partial charge in [0.15, 0.2) is 0 Å². The number of aryl methyl sites for hydroxylation is 1. The van der Waals surface area contributed by atoms with Gasteiger partial charge in [-0.25, -0.2) is 0 Å². The molecule has 1 fully saturated rings. The fourth-order valence-electron chi connectivity index (χ4n) is 2.72. The largest absolute Gasteiger partial charge is 0.399 e. The number of carbonyl (C=O) groups excluding carboxylic acids is 1. The minimum Gasteiger partial charge on any atom is -0.399 e. The van der Waals surface area contributed by atoms with Crippen LogP contribution in [0.15, 0.2) is 24.3 Å². The summed E-state index contributed by atoms with van der Waals surface area (Å²) in [6, 6.07) is 8.22. The fourth-order valence-corrected chi connectivity index (χ4v) is 2.72. The van der Waals surface area contributed by atoms with Crippen LogP contribution in [0.4, 0.5) is 5.69 Å². The number of nitrogens with zero attached hydrogens (tertiary/aromatic N) is 1. The Morgan fingerprint density at radius 1 is 1.26 bits per heavy atom. The van der Waals surface area contributed by atoms with E-state index in [9.17, 15) is 4.79 Å². The molecule has 0 aliphatic carbocycles. The molecular weight excluding hydrogens is 236 g/mol. The van der Waals surface area contributed by atoms with Crippen molar-refractivity contribution in [1.82, 2.24) is 4.90 Å². The molecule has 19 heavy (non-hydrogen) atoms. The van der Waals surface area contributed by atoms with E-state index in [4.69, 9.17) is 5.73 Å². The zero-order valence-electron chi connectivity index (χ0n) is 11.8. The van der Waals surface area contributed by atoms with Crippen molar-refractivity contribution >= 4 is 11.6 Å². The molecule has 2 N–H and O–H groups in total. The first-order valence-corrected chi connectivity index (χ1v) is 7.30. The lowest BCUT2D eigenvalue weighted by Crippen LogP contribution is -2.38. The van der Waals surface area contributed by atoms with Crippen LogP contribution < -0.4 is 5.73 Å². The second-order valence-corrected chi connectivity index (χ2v) is 5.53. The van der Waals surface area contributed by atoms with Gasteiger partial charge < -0.3 is 10.6 Å². The van der Waals surface area contributed by atoms with Crippen molar-refractivity contribution in [3.8, 4) is 0 Å². The monoisotopic (exact) mass is 260 g/mol. The molecule has 104 valence electrons. The third-order valence-electron chi connectivity index (χ3n) is 3.98. The predicted molar refractivity (Wildman–Crippen MR) is 78.8 cm³/mol. The van der Waals surface area contributed by atoms with E-state index < -0.39 is 0 Å². The average molecular weight is 260 g/mol. The van der Waals surface area contributed by atoms with E-state index in [0.717, 1.165) is 31.5 Å². The Labute approximate surface area is 115 Å². The van der Waals surface area contributed by atoms with Crippen molar-refractivity contribution in [2.75, 3.05) is 12.3 Å². The third kappa shape index (κ3) is 3.98. The number of carbonyl (C=O) groups is 1. The van der Waals surface area contributed by atoms with E-state index in [2.05, 4.69) is 11.8 Å². The van der Waals surface area contributed by atoms with Gasteiger partial charge in [-0.2, -0.15) is 0 Å². The van der Waals surface area contributed by atoms with E-state index in [1.54, 1.807) is 0 Å². The molecule has 1 aromatic rings. The van der Waals surface area contributed by atoms with Crippen molar-refractivity contribution in [2.24, 2.45) is 0 Å². The van der Waals surface area contributed by atoms with Crippen LogP contribution in [0.2, 0.25) is 0 Å². The number of benzene rings is 1. The minimum absolute atomic E-state index is 0.297. The van der Waals surface area contributed by atoms with Crippen LogP contribution in [0.25, 0.3) is 0 Å². The molecule has 0 aromatic heterocycles. The summed E-state index contributed by atoms with van der Waals surface area (Å²) in [5, 5.41) is 0. The molecule has 0 radical (unpaired) electrons. The van der Waals surface area contributed by atoms with Crippen LogP contribution in [0.5, 0.6) is 0 Å². The molecule has 1 aromatic carbocycles. The molecule has 1 saturated heterocycles. The molecular formula is C16H24N2O. The average Bonchev–Trinajstić information content (AvgIpc) is 2.62. The lowest BCUT2D eigenvalue weighted by molar-refractivity contribution is -0.133. The van der Waals surface area contributed by atoms with Gasteiger partial charge in [0.05, 0.1) is 0 Å². The van der Waals surface area contributed by atoms with E-state index in [0.29, 0.717) is 18.4 Å². The van der Waals surface area contributed by atoms with E-state index in [1.807, 2.05) is 24.3 Å². The molecule has 1 amide bonds. The Bertz CT molecular complexity index is 413. The number of hydrogen-bond acceptors (Lipinski definition) is 2. The number of rotatable bonds is 3. The molecule has 1 aliphatic heterocycles. The Balaban J connectivity index is 1.87. The summed E-state index contributed by atoms with van der Waals surface area (Å²) in [5.74, 6) is 0.297. The summed E-state index contributed by atoms with van der Waals surface area (Å²) in [6.07, 6.45) is 6.22. The first-order chi connectivity index (χ1) is 9.16. The van der Waals surface area contributed by atoms with Crippen molar-refractivity contribution in [2.45, 2.75) is 51.5 Å². The maximum Gasteiger partial charge on any atom is 0.223 e. The highest BCUT2D eigenvalue weighted by atomic mass is 16.2. The van der Waals surface area contributed by atoms with Crippen LogP contribution in [0.3, 0.4) is 0 Å². The number of hydrogen-bond donors (Lipinski definition) is 1. The highest BCUT2D eigenvalue weighted by Gasteiger charge is 2.21. The Hall–Kier alpha value is -1.51. The summed E-state index contributed by atoms with van der Waals surface area (Å²) in [6.45, 7) is 3.11. The van der Waals surface area contributed by atoms with Crippen LogP contribution in [0, 0.1) is 0 Å². The summed E-state index contributed by atoms with van der Waals surface area (Å²) < 4.78 is 0. The Morgan fingerprint density at radius 2 is 2.00 bits per heavy atom. The number of nitrogen functional groups attached to an aromatic ring is 1. The molecule has 2 rings (SSSR count). The number of amides is 1. The molecule has 0 spiro atoms. The van der Waals surface area contributed by atoms with Gasteiger partial charge in [-0.1, -0.05) is 25.0 Å². The molecule has 3 nitrogen and oxygen atoms in total. The first-order valence-electron chi connectivity index (χ1n) is 7.30. The summed E-state index contributed by atoms with van der Waals surface area (Å²) in [5.41, 5.74) is 7.62. The molecule has 1 unspecified atom stereocenters. The smallest absolute Gasteiger partial charge is 0.223 e. The van der Waals surface area contributed by atoms with Gasteiger partial charge in [0.1, 0.15) is 0 Å². The summed E-state index contributed by atoms with van der Waals surface area (Å²) >= 11 is 0. The van der Waals surface area contributed by atoms with Gasteiger partial charge >= 0.3 is 0 Å². The maximum atomic E-state index is 12.3. The van der Waals surface area contributed by atoms with Crippen molar-refractivity contribution in [1.29, 1.82) is 0 Å². The topological polar surface area (TPSA) is 46.3 Å². The van der Waals surface area contributed by atoms with Crippen LogP contribution in [0.1, 0.15) is 44.6 Å². The van der Waals surface area contributed by atoms with E-state index in [1.165, 1.54) is 18.4 Å². The van der Waals surface area contributed by atoms with Crippen molar-refractivity contribution in [3.05, 3.63) is 29.8 Å². The van der Waals surface area contributed by atoms with E-state index >= 15 is 0 Å². The second-order valence-electron chi connectivity index (χ2n) is 5.53. The number of anilines is 1. The lowest BCUT2D eigenvalue weighted by atomic mass is 10.1. The Morgan fingerprint density at radius 3 is 2.74 bits per heavy atom. The van der Waals surface area contributed by atoms with Crippen LogP contribution >= 0.6 is 0 Å². The third-order valence-corrected chi connectivity index (χ3v) is 3.98. The first kappa shape index (κ1) is 13.9. The standard InChI is InChI=1S/C16H24N2O/c1-13-5-3-2-4-12-18(13)16(19)11-8-14-6-9-15(17)10-7-14/h6-7,9-10,13H,2-5,8,11-12,17H2,1H3. The SMILES string of the molecule is CC1CCCCCN1C(=O)CCc1ccc(N)cc1. The summed E-state index contributed by atoms with van der Waals surface area (Å²) in [7, 11) is 0. The predicted octanol–water partition coefficient (Wildman–Crippen LogP) is 2.99. The van der Waals surface area contributed by atoms with E-state index in [-0.39, 0.29) is 0 Å². The van der Waals surface area contributed by atoms with Gasteiger partial charge in [0.25, 0.3) is 0 Å². The highest BCUT2D eigenvalue weighted by Crippen LogP contribution is 2.18. The van der Waals surface area contributed by atoms with Crippen LogP contribution in [-0.2, 0) is 11.2 Å². The lowest BCUT2D eigenvalue weighted by Gasteiger charge is -2.27.